The summed E-state index contributed by atoms with van der Waals surface area (Å²) in [6.45, 7) is 3.22. The Kier molecular flexibility index (Phi) is 7.70. The molecule has 0 aliphatic heterocycles. The second-order valence-corrected chi connectivity index (χ2v) is 8.97. The fourth-order valence-electron chi connectivity index (χ4n) is 2.77. The Morgan fingerprint density at radius 2 is 1.61 bits per heavy atom. The topological polar surface area (TPSA) is 114 Å². The number of sulfonamides is 1. The predicted molar refractivity (Wildman–Crippen MR) is 125 cm³/mol. The first-order chi connectivity index (χ1) is 15.7. The van der Waals surface area contributed by atoms with Crippen LogP contribution >= 0.6 is 0 Å². The summed E-state index contributed by atoms with van der Waals surface area (Å²) in [5, 5.41) is 3.81. The van der Waals surface area contributed by atoms with E-state index < -0.39 is 28.4 Å². The Morgan fingerprint density at radius 3 is 2.27 bits per heavy atom. The van der Waals surface area contributed by atoms with Crippen LogP contribution in [0.25, 0.3) is 0 Å². The van der Waals surface area contributed by atoms with Gasteiger partial charge in [0.1, 0.15) is 5.75 Å². The van der Waals surface area contributed by atoms with Crippen molar-refractivity contribution in [3.8, 4) is 5.75 Å². The van der Waals surface area contributed by atoms with Crippen LogP contribution in [0.3, 0.4) is 0 Å². The summed E-state index contributed by atoms with van der Waals surface area (Å²) in [6, 6.07) is 20.0. The minimum Gasteiger partial charge on any atom is -0.423 e. The van der Waals surface area contributed by atoms with Crippen LogP contribution in [0.15, 0.2) is 82.8 Å². The van der Waals surface area contributed by atoms with Gasteiger partial charge in [0.25, 0.3) is 5.91 Å². The molecule has 0 atom stereocenters. The molecule has 0 saturated heterocycles. The van der Waals surface area contributed by atoms with Crippen molar-refractivity contribution in [1.29, 1.82) is 0 Å². The number of hydrogen-bond acceptors (Lipinski definition) is 6. The van der Waals surface area contributed by atoms with Gasteiger partial charge in [-0.05, 0) is 67.4 Å². The van der Waals surface area contributed by atoms with E-state index in [1.165, 1.54) is 18.3 Å². The number of esters is 1. The maximum absolute atomic E-state index is 12.3. The van der Waals surface area contributed by atoms with Crippen molar-refractivity contribution in [3.63, 3.8) is 0 Å². The maximum Gasteiger partial charge on any atom is 0.343 e. The first-order valence-electron chi connectivity index (χ1n) is 10.0. The van der Waals surface area contributed by atoms with Crippen LogP contribution in [0.2, 0.25) is 0 Å². The van der Waals surface area contributed by atoms with Gasteiger partial charge in [-0.1, -0.05) is 35.9 Å². The molecule has 0 unspecified atom stereocenters. The van der Waals surface area contributed by atoms with Crippen molar-refractivity contribution in [2.24, 2.45) is 5.10 Å². The third kappa shape index (κ3) is 6.83. The number of ether oxygens (including phenoxy) is 1. The largest absolute Gasteiger partial charge is 0.423 e. The number of hydrogen-bond donors (Lipinski definition) is 2. The summed E-state index contributed by atoms with van der Waals surface area (Å²) in [5.41, 5.74) is 5.14. The van der Waals surface area contributed by atoms with E-state index in [0.29, 0.717) is 16.9 Å². The van der Waals surface area contributed by atoms with Gasteiger partial charge in [0.15, 0.2) is 0 Å². The van der Waals surface area contributed by atoms with Gasteiger partial charge in [0.2, 0.25) is 10.0 Å². The fourth-order valence-corrected chi connectivity index (χ4v) is 3.75. The molecular weight excluding hydrogens is 442 g/mol. The molecule has 3 aromatic carbocycles. The number of carbonyl (C=O) groups is 2. The fraction of sp³-hybridized carbons (Fsp3) is 0.125. The zero-order chi connectivity index (χ0) is 23.8. The van der Waals surface area contributed by atoms with Crippen molar-refractivity contribution >= 4 is 28.1 Å². The van der Waals surface area contributed by atoms with Gasteiger partial charge in [-0.2, -0.15) is 5.10 Å². The predicted octanol–water partition coefficient (Wildman–Crippen LogP) is 2.95. The van der Waals surface area contributed by atoms with E-state index >= 15 is 0 Å². The van der Waals surface area contributed by atoms with Crippen LogP contribution in [0.4, 0.5) is 0 Å². The maximum atomic E-state index is 12.3. The van der Waals surface area contributed by atoms with Crippen molar-refractivity contribution in [2.45, 2.75) is 18.7 Å². The van der Waals surface area contributed by atoms with Crippen molar-refractivity contribution in [1.82, 2.24) is 10.1 Å². The van der Waals surface area contributed by atoms with E-state index in [9.17, 15) is 18.0 Å². The van der Waals surface area contributed by atoms with E-state index in [0.717, 1.165) is 11.1 Å². The molecule has 170 valence electrons. The molecule has 0 fully saturated rings. The third-order valence-corrected chi connectivity index (χ3v) is 6.03. The molecule has 0 saturated carbocycles. The van der Waals surface area contributed by atoms with Crippen LogP contribution in [-0.2, 0) is 14.8 Å². The minimum absolute atomic E-state index is 0.0765. The van der Waals surface area contributed by atoms with Gasteiger partial charge in [-0.25, -0.2) is 23.4 Å². The third-order valence-electron chi connectivity index (χ3n) is 4.61. The first kappa shape index (κ1) is 23.8. The minimum atomic E-state index is -3.79. The summed E-state index contributed by atoms with van der Waals surface area (Å²) >= 11 is 0. The number of rotatable bonds is 8. The number of aryl methyl sites for hydroxylation is 2. The van der Waals surface area contributed by atoms with Crippen molar-refractivity contribution in [3.05, 3.63) is 95.1 Å². The van der Waals surface area contributed by atoms with Gasteiger partial charge in [0, 0.05) is 0 Å². The highest BCUT2D eigenvalue weighted by Crippen LogP contribution is 2.15. The highest BCUT2D eigenvalue weighted by atomic mass is 32.2. The summed E-state index contributed by atoms with van der Waals surface area (Å²) in [7, 11) is -3.79. The van der Waals surface area contributed by atoms with Crippen molar-refractivity contribution in [2.75, 3.05) is 6.54 Å². The van der Waals surface area contributed by atoms with E-state index in [1.807, 2.05) is 26.0 Å². The zero-order valence-corrected chi connectivity index (χ0v) is 18.9. The van der Waals surface area contributed by atoms with E-state index in [1.54, 1.807) is 48.5 Å². The number of nitrogens with one attached hydrogen (secondary N) is 2. The molecule has 0 aromatic heterocycles. The second kappa shape index (κ2) is 10.7. The average molecular weight is 466 g/mol. The lowest BCUT2D eigenvalue weighted by Crippen LogP contribution is -2.34. The Morgan fingerprint density at radius 1 is 0.939 bits per heavy atom. The molecule has 0 aliphatic carbocycles. The van der Waals surface area contributed by atoms with Gasteiger partial charge in [-0.15, -0.1) is 0 Å². The smallest absolute Gasteiger partial charge is 0.343 e. The average Bonchev–Trinajstić information content (AvgIpc) is 2.79. The lowest BCUT2D eigenvalue weighted by atomic mass is 10.1. The molecule has 3 aromatic rings. The Balaban J connectivity index is 1.49. The lowest BCUT2D eigenvalue weighted by Gasteiger charge is -2.07. The molecule has 3 rings (SSSR count). The summed E-state index contributed by atoms with van der Waals surface area (Å²) in [6.07, 6.45) is 1.39. The molecule has 0 heterocycles. The van der Waals surface area contributed by atoms with Crippen LogP contribution in [-0.4, -0.2) is 33.1 Å². The molecule has 9 heteroatoms. The van der Waals surface area contributed by atoms with Crippen LogP contribution < -0.4 is 14.9 Å². The zero-order valence-electron chi connectivity index (χ0n) is 18.1. The molecule has 0 aliphatic rings. The van der Waals surface area contributed by atoms with Gasteiger partial charge < -0.3 is 4.74 Å². The lowest BCUT2D eigenvalue weighted by molar-refractivity contribution is -0.119. The molecule has 0 bridgehead atoms. The molecule has 2 N–H and O–H groups in total. The summed E-state index contributed by atoms with van der Waals surface area (Å²) in [4.78, 5) is 24.2. The monoisotopic (exact) mass is 465 g/mol. The van der Waals surface area contributed by atoms with Crippen LogP contribution in [0, 0.1) is 13.8 Å². The van der Waals surface area contributed by atoms with Gasteiger partial charge >= 0.3 is 5.97 Å². The van der Waals surface area contributed by atoms with E-state index in [4.69, 9.17) is 4.74 Å². The van der Waals surface area contributed by atoms with Gasteiger partial charge in [0.05, 0.1) is 23.2 Å². The Labute approximate surface area is 192 Å². The molecule has 8 nitrogen and oxygen atoms in total. The SMILES string of the molecule is Cc1ccc(S(=O)(=O)NCC(=O)N/N=C\c2ccc(OC(=O)c3ccccc3C)cc2)cc1. The van der Waals surface area contributed by atoms with E-state index in [2.05, 4.69) is 15.2 Å². The summed E-state index contributed by atoms with van der Waals surface area (Å²) in [5.74, 6) is -0.699. The quantitative estimate of drug-likeness (QED) is 0.230. The molecule has 1 amide bonds. The second-order valence-electron chi connectivity index (χ2n) is 7.20. The normalized spacial score (nSPS) is 11.3. The van der Waals surface area contributed by atoms with Gasteiger partial charge in [-0.3, -0.25) is 4.79 Å². The Hall–Kier alpha value is -3.82. The molecular formula is C24H23N3O5S. The number of hydrazone groups is 1. The number of amides is 1. The highest BCUT2D eigenvalue weighted by Gasteiger charge is 2.15. The number of carbonyl (C=O) groups excluding carboxylic acids is 2. The van der Waals surface area contributed by atoms with Crippen molar-refractivity contribution < 1.29 is 22.7 Å². The number of benzene rings is 3. The molecule has 0 radical (unpaired) electrons. The van der Waals surface area contributed by atoms with E-state index in [-0.39, 0.29) is 4.90 Å². The Bertz CT molecular complexity index is 1270. The highest BCUT2D eigenvalue weighted by molar-refractivity contribution is 7.89. The molecule has 33 heavy (non-hydrogen) atoms. The van der Waals surface area contributed by atoms with Crippen LogP contribution in [0.5, 0.6) is 5.75 Å². The number of nitrogens with zero attached hydrogens (tertiary/aromatic N) is 1. The molecule has 0 spiro atoms. The summed E-state index contributed by atoms with van der Waals surface area (Å²) < 4.78 is 32.0. The van der Waals surface area contributed by atoms with Crippen LogP contribution in [0.1, 0.15) is 27.0 Å². The first-order valence-corrected chi connectivity index (χ1v) is 11.5. The standard InChI is InChI=1S/C24H23N3O5S/c1-17-7-13-21(14-8-17)33(30,31)26-16-23(28)27-25-15-19-9-11-20(12-10-19)32-24(29)22-6-4-3-5-18(22)2/h3-15,26H,16H2,1-2H3,(H,27,28)/b25-15-.